The number of nitrogens with zero attached hydrogens (tertiary/aromatic N) is 7. The molecule has 682 valence electrons. The number of fused-ring (bicyclic) bond motifs is 18. The second-order valence-corrected chi connectivity index (χ2v) is 36.3. The summed E-state index contributed by atoms with van der Waals surface area (Å²) in [6.45, 7) is 0. The van der Waals surface area contributed by atoms with E-state index in [9.17, 15) is 0 Å². The van der Waals surface area contributed by atoms with Gasteiger partial charge >= 0.3 is 0 Å². The summed E-state index contributed by atoms with van der Waals surface area (Å²) in [5.74, 6) is 1.88. The molecule has 0 radical (unpaired) electrons. The van der Waals surface area contributed by atoms with Gasteiger partial charge in [0.05, 0.1) is 17.1 Å². The largest absolute Gasteiger partial charge is 0.456 e. The van der Waals surface area contributed by atoms with Crippen LogP contribution in [0.5, 0.6) is 0 Å². The molecule has 0 saturated carbocycles. The van der Waals surface area contributed by atoms with E-state index in [2.05, 4.69) is 403 Å². The topological polar surface area (TPSA) is 114 Å². The van der Waals surface area contributed by atoms with Crippen molar-refractivity contribution in [3.05, 3.63) is 528 Å². The van der Waals surface area contributed by atoms with E-state index in [0.29, 0.717) is 17.7 Å². The number of hydrogen-bond donors (Lipinski definition) is 0. The molecule has 23 aromatic carbocycles. The van der Waals surface area contributed by atoms with Gasteiger partial charge in [-0.15, -0.1) is 0 Å². The molecular formula is C134H87N7O4. The Hall–Kier alpha value is -19.6. The summed E-state index contributed by atoms with van der Waals surface area (Å²) in [6.07, 6.45) is 0. The molecular weight excluding hydrogens is 1770 g/mol. The summed E-state index contributed by atoms with van der Waals surface area (Å²) in [6, 6.07) is 184. The second kappa shape index (κ2) is 37.3. The third kappa shape index (κ3) is 16.5. The second-order valence-electron chi connectivity index (χ2n) is 36.3. The van der Waals surface area contributed by atoms with Gasteiger partial charge in [-0.1, -0.05) is 346 Å². The minimum absolute atomic E-state index is 0.621. The number of aromatic nitrogens is 4. The molecule has 0 saturated heterocycles. The van der Waals surface area contributed by atoms with Crippen LogP contribution in [-0.2, 0) is 0 Å². The van der Waals surface area contributed by atoms with Crippen LogP contribution in [0.15, 0.2) is 545 Å². The van der Waals surface area contributed by atoms with Gasteiger partial charge < -0.3 is 32.4 Å². The SMILES string of the molecule is c1ccc(-c2ccc(N(c3ccc(-c4ccccc4)cc3)c3ccc4ccc5ccc6nc(-c7ccccc7)oc6c5c4c3)cc2)cc1.c1ccc(-c2ccc(N(c3ccc4c(c3)oc3ccccc34)c3cccc4c3ccc3ccc5nc(-c6ccccc6)oc5c34)cc2)cc1.c1ccc(-c2cccc(-c3ccc(N(c4ccccc4)c4ccc5ccc6ccc7nc(-c8ccccc8)oc7c6c5c4)cc3)n2)cc1. The highest BCUT2D eigenvalue weighted by molar-refractivity contribution is 6.23. The van der Waals surface area contributed by atoms with Crippen LogP contribution in [0.3, 0.4) is 0 Å². The van der Waals surface area contributed by atoms with Crippen molar-refractivity contribution in [1.29, 1.82) is 0 Å². The number of hydrogen-bond acceptors (Lipinski definition) is 11. The minimum atomic E-state index is 0.621. The zero-order valence-electron chi connectivity index (χ0n) is 78.5. The van der Waals surface area contributed by atoms with Crippen LogP contribution in [0.25, 0.3) is 210 Å². The standard InChI is InChI=1S/C45H28N2O2.C45H30N2O.C44H29N3O/c1-3-10-29(11-4-1)30-18-22-33(23-19-30)47(34-24-26-37-36-14-7-8-17-41(36)48-42(37)28-34)40-16-9-15-38-35(40)25-20-31-21-27-39-44(43(31)38)49-45(46-39)32-12-5-2-6-13-32;1-4-10-31(11-5-1)33-18-24-38(25-19-33)47(39-26-20-34(21-27-39)32-12-6-2-7-13-32)40-28-22-35-16-17-36-23-29-42-44(43(36)41(35)30-40)48-45(46-42)37-14-8-3-9-15-37;1-4-11-31(12-5-1)39-17-10-18-40(45-39)32-22-25-36(26-23-32)47(35-15-8-3-9-16-35)37-27-21-30-19-20-33-24-28-41-43(42(33)38(30)29-37)48-44(46-41)34-13-6-2-7-14-34/h1-28H;1-30H;1-29H. The molecule has 145 heavy (non-hydrogen) atoms. The van der Waals surface area contributed by atoms with Crippen LogP contribution in [0, 0.1) is 0 Å². The average Bonchev–Trinajstić information content (AvgIpc) is 1.69. The lowest BCUT2D eigenvalue weighted by atomic mass is 9.98. The maximum absolute atomic E-state index is 6.54. The molecule has 0 aliphatic carbocycles. The molecule has 0 spiro atoms. The minimum Gasteiger partial charge on any atom is -0.456 e. The van der Waals surface area contributed by atoms with E-state index in [1.807, 2.05) is 140 Å². The first-order valence-corrected chi connectivity index (χ1v) is 48.7. The Morgan fingerprint density at radius 1 is 0.152 bits per heavy atom. The molecule has 5 aromatic heterocycles. The van der Waals surface area contributed by atoms with E-state index in [1.165, 1.54) is 33.4 Å². The number of benzene rings is 23. The summed E-state index contributed by atoms with van der Waals surface area (Å²) in [5.41, 5.74) is 30.3. The van der Waals surface area contributed by atoms with Crippen molar-refractivity contribution in [3.8, 4) is 90.3 Å². The zero-order chi connectivity index (χ0) is 96.0. The molecule has 11 nitrogen and oxygen atoms in total. The van der Waals surface area contributed by atoms with E-state index in [1.54, 1.807) is 0 Å². The van der Waals surface area contributed by atoms with Crippen molar-refractivity contribution in [2.24, 2.45) is 0 Å². The fourth-order valence-electron chi connectivity index (χ4n) is 20.3. The van der Waals surface area contributed by atoms with E-state index in [4.69, 9.17) is 37.6 Å². The van der Waals surface area contributed by atoms with Gasteiger partial charge in [0.2, 0.25) is 17.7 Å². The van der Waals surface area contributed by atoms with Gasteiger partial charge in [0, 0.05) is 112 Å². The van der Waals surface area contributed by atoms with Crippen molar-refractivity contribution in [3.63, 3.8) is 0 Å². The Morgan fingerprint density at radius 3 is 0.869 bits per heavy atom. The summed E-state index contributed by atoms with van der Waals surface area (Å²) in [5, 5.41) is 15.5. The fraction of sp³-hybridized carbons (Fsp3) is 0. The lowest BCUT2D eigenvalue weighted by molar-refractivity contribution is 0.623. The predicted molar refractivity (Wildman–Crippen MR) is 600 cm³/mol. The van der Waals surface area contributed by atoms with Crippen LogP contribution in [0.4, 0.5) is 51.2 Å². The molecule has 0 N–H and O–H groups in total. The Bertz CT molecular complexity index is 9570. The van der Waals surface area contributed by atoms with Crippen LogP contribution in [0.1, 0.15) is 0 Å². The van der Waals surface area contributed by atoms with Gasteiger partial charge in [-0.25, -0.2) is 19.9 Å². The maximum atomic E-state index is 6.54. The maximum Gasteiger partial charge on any atom is 0.227 e. The normalized spacial score (nSPS) is 11.4. The molecule has 0 atom stereocenters. The zero-order valence-corrected chi connectivity index (χ0v) is 78.5. The number of para-hydroxylation sites is 2. The van der Waals surface area contributed by atoms with Crippen LogP contribution in [-0.4, -0.2) is 19.9 Å². The Balaban J connectivity index is 0.000000111. The summed E-state index contributed by atoms with van der Waals surface area (Å²) >= 11 is 0. The number of anilines is 9. The van der Waals surface area contributed by atoms with Crippen molar-refractivity contribution in [2.75, 3.05) is 14.7 Å². The fourth-order valence-corrected chi connectivity index (χ4v) is 20.3. The third-order valence-electron chi connectivity index (χ3n) is 27.4. The van der Waals surface area contributed by atoms with Gasteiger partial charge in [0.1, 0.15) is 27.7 Å². The summed E-state index contributed by atoms with van der Waals surface area (Å²) < 4.78 is 26.0. The average molecular weight is 1860 g/mol. The Morgan fingerprint density at radius 2 is 0.434 bits per heavy atom. The highest BCUT2D eigenvalue weighted by Crippen LogP contribution is 2.49. The lowest BCUT2D eigenvalue weighted by Crippen LogP contribution is -2.10. The van der Waals surface area contributed by atoms with Crippen molar-refractivity contribution >= 4 is 171 Å². The van der Waals surface area contributed by atoms with E-state index < -0.39 is 0 Å². The number of furan rings is 1. The number of rotatable bonds is 17. The quantitative estimate of drug-likeness (QED) is 0.0812. The van der Waals surface area contributed by atoms with Crippen LogP contribution < -0.4 is 14.7 Å². The first-order chi connectivity index (χ1) is 71.8. The molecule has 0 aliphatic heterocycles. The van der Waals surface area contributed by atoms with Gasteiger partial charge in [-0.2, -0.15) is 0 Å². The predicted octanol–water partition coefficient (Wildman–Crippen LogP) is 37.4. The van der Waals surface area contributed by atoms with Gasteiger partial charge in [-0.05, 0) is 252 Å². The summed E-state index contributed by atoms with van der Waals surface area (Å²) in [7, 11) is 0. The van der Waals surface area contributed by atoms with Gasteiger partial charge in [-0.3, -0.25) is 0 Å². The van der Waals surface area contributed by atoms with E-state index in [-0.39, 0.29) is 0 Å². The molecule has 5 heterocycles. The molecule has 28 aromatic rings. The van der Waals surface area contributed by atoms with Crippen LogP contribution in [0.2, 0.25) is 0 Å². The molecule has 0 aliphatic rings. The smallest absolute Gasteiger partial charge is 0.227 e. The number of oxazole rings is 3. The highest BCUT2D eigenvalue weighted by Gasteiger charge is 2.26. The monoisotopic (exact) mass is 1860 g/mol. The van der Waals surface area contributed by atoms with Crippen molar-refractivity contribution in [2.45, 2.75) is 0 Å². The molecule has 0 bridgehead atoms. The number of pyridine rings is 1. The first kappa shape index (κ1) is 85.8. The van der Waals surface area contributed by atoms with Crippen LogP contribution >= 0.6 is 0 Å². The molecule has 11 heteroatoms. The lowest BCUT2D eigenvalue weighted by Gasteiger charge is -2.27. The van der Waals surface area contributed by atoms with Crippen molar-refractivity contribution in [1.82, 2.24) is 19.9 Å². The first-order valence-electron chi connectivity index (χ1n) is 48.7. The highest BCUT2D eigenvalue weighted by atomic mass is 16.4. The molecule has 0 amide bonds. The summed E-state index contributed by atoms with van der Waals surface area (Å²) in [4.78, 5) is 26.6. The molecule has 28 rings (SSSR count). The van der Waals surface area contributed by atoms with Gasteiger partial charge in [0.25, 0.3) is 0 Å². The van der Waals surface area contributed by atoms with E-state index >= 15 is 0 Å². The molecule has 0 unspecified atom stereocenters. The third-order valence-corrected chi connectivity index (χ3v) is 27.4. The Labute approximate surface area is 835 Å². The van der Waals surface area contributed by atoms with E-state index in [0.717, 1.165) is 210 Å². The van der Waals surface area contributed by atoms with Crippen molar-refractivity contribution < 1.29 is 17.7 Å². The Kier molecular flexibility index (Phi) is 22.0. The van der Waals surface area contributed by atoms with Gasteiger partial charge in [0.15, 0.2) is 16.7 Å². The molecule has 0 fully saturated rings.